The first-order chi connectivity index (χ1) is 15.3. The summed E-state index contributed by atoms with van der Waals surface area (Å²) in [6.07, 6.45) is 0. The summed E-state index contributed by atoms with van der Waals surface area (Å²) >= 11 is 0. The number of nitrogens with one attached hydrogen (secondary N) is 2. The summed E-state index contributed by atoms with van der Waals surface area (Å²) in [7, 11) is -3.98. The summed E-state index contributed by atoms with van der Waals surface area (Å²) in [6, 6.07) is 19.9. The third-order valence-corrected chi connectivity index (χ3v) is 5.83. The molecule has 32 heavy (non-hydrogen) atoms. The number of hydrogen-bond donors (Lipinski definition) is 2. The molecule has 0 saturated heterocycles. The van der Waals surface area contributed by atoms with Crippen LogP contribution in [-0.2, 0) is 10.0 Å². The maximum Gasteiger partial charge on any atom is 0.276 e. The van der Waals surface area contributed by atoms with Crippen LogP contribution in [-0.4, -0.2) is 14.3 Å². The Morgan fingerprint density at radius 3 is 2.38 bits per heavy atom. The molecule has 9 heteroatoms. The van der Waals surface area contributed by atoms with Gasteiger partial charge in [0.1, 0.15) is 17.0 Å². The van der Waals surface area contributed by atoms with E-state index in [1.807, 2.05) is 6.92 Å². The average molecular weight is 451 g/mol. The number of amides is 1. The lowest BCUT2D eigenvalue weighted by Gasteiger charge is -2.08. The molecule has 0 unspecified atom stereocenters. The first-order valence-corrected chi connectivity index (χ1v) is 11.0. The summed E-state index contributed by atoms with van der Waals surface area (Å²) in [5.74, 6) is -1.04. The molecule has 0 saturated carbocycles. The molecule has 0 spiro atoms. The molecule has 3 aromatic carbocycles. The highest BCUT2D eigenvalue weighted by molar-refractivity contribution is 7.89. The summed E-state index contributed by atoms with van der Waals surface area (Å²) in [6.45, 7) is 1.84. The Morgan fingerprint density at radius 2 is 1.66 bits per heavy atom. The van der Waals surface area contributed by atoms with Gasteiger partial charge >= 0.3 is 0 Å². The lowest BCUT2D eigenvalue weighted by molar-refractivity contribution is 0.102. The van der Waals surface area contributed by atoms with Crippen molar-refractivity contribution in [3.05, 3.63) is 101 Å². The van der Waals surface area contributed by atoms with Crippen molar-refractivity contribution in [1.82, 2.24) is 4.83 Å². The molecule has 162 valence electrons. The van der Waals surface area contributed by atoms with Gasteiger partial charge in [-0.05, 0) is 55.5 Å². The van der Waals surface area contributed by atoms with E-state index in [1.54, 1.807) is 36.4 Å². The smallest absolute Gasteiger partial charge is 0.276 e. The number of rotatable bonds is 5. The first-order valence-electron chi connectivity index (χ1n) is 9.54. The molecule has 0 aliphatic rings. The number of aryl methyl sites for hydroxylation is 1. The van der Waals surface area contributed by atoms with Crippen LogP contribution in [0.3, 0.4) is 0 Å². The number of hydrogen-bond acceptors (Lipinski definition) is 5. The Balaban J connectivity index is 1.74. The first kappa shape index (κ1) is 21.3. The minimum atomic E-state index is -3.98. The molecule has 1 amide bonds. The van der Waals surface area contributed by atoms with Gasteiger partial charge < -0.3 is 9.73 Å². The third kappa shape index (κ3) is 4.68. The quantitative estimate of drug-likeness (QED) is 0.449. The van der Waals surface area contributed by atoms with Crippen molar-refractivity contribution >= 4 is 32.6 Å². The van der Waals surface area contributed by atoms with Crippen LogP contribution in [0.5, 0.6) is 0 Å². The molecule has 0 fully saturated rings. The number of carbonyl (C=O) groups is 1. The van der Waals surface area contributed by atoms with Gasteiger partial charge in [-0.2, -0.15) is 13.2 Å². The molecule has 0 atom stereocenters. The number of anilines is 1. The summed E-state index contributed by atoms with van der Waals surface area (Å²) in [5, 5.41) is 7.12. The van der Waals surface area contributed by atoms with Gasteiger partial charge in [0.15, 0.2) is 0 Å². The normalized spacial score (nSPS) is 12.0. The Morgan fingerprint density at radius 1 is 0.969 bits per heavy atom. The highest BCUT2D eigenvalue weighted by Gasteiger charge is 2.16. The van der Waals surface area contributed by atoms with E-state index < -0.39 is 21.7 Å². The van der Waals surface area contributed by atoms with Gasteiger partial charge in [0.2, 0.25) is 5.55 Å². The van der Waals surface area contributed by atoms with Crippen LogP contribution in [0.1, 0.15) is 15.9 Å². The SMILES string of the molecule is Cc1ccc(S(=O)(=O)N/N=c2/oc3ccccc3cc2C(=O)Nc2ccc(F)cc2)cc1. The van der Waals surface area contributed by atoms with Crippen LogP contribution in [0.2, 0.25) is 0 Å². The number of nitrogens with zero attached hydrogens (tertiary/aromatic N) is 1. The van der Waals surface area contributed by atoms with Gasteiger partial charge in [-0.15, -0.1) is 5.10 Å². The number of benzene rings is 3. The van der Waals surface area contributed by atoms with E-state index in [2.05, 4.69) is 15.2 Å². The van der Waals surface area contributed by atoms with E-state index in [0.717, 1.165) is 5.56 Å². The molecule has 7 nitrogen and oxygen atoms in total. The maximum absolute atomic E-state index is 13.2. The Labute approximate surface area is 183 Å². The Bertz CT molecular complexity index is 1460. The van der Waals surface area contributed by atoms with Crippen LogP contribution in [0.25, 0.3) is 11.0 Å². The predicted octanol–water partition coefficient (Wildman–Crippen LogP) is 3.93. The summed E-state index contributed by atoms with van der Waals surface area (Å²) in [4.78, 5) is 15.0. The largest absolute Gasteiger partial charge is 0.436 e. The second-order valence-corrected chi connectivity index (χ2v) is 8.64. The molecular formula is C23H18FN3O4S. The molecule has 4 rings (SSSR count). The molecule has 0 aliphatic carbocycles. The molecular weight excluding hydrogens is 433 g/mol. The molecule has 4 aromatic rings. The van der Waals surface area contributed by atoms with Crippen molar-refractivity contribution in [2.75, 3.05) is 5.32 Å². The van der Waals surface area contributed by atoms with E-state index in [4.69, 9.17) is 4.42 Å². The zero-order chi connectivity index (χ0) is 22.7. The lowest BCUT2D eigenvalue weighted by atomic mass is 10.1. The number of fused-ring (bicyclic) bond motifs is 1. The molecule has 2 N–H and O–H groups in total. The van der Waals surface area contributed by atoms with E-state index in [9.17, 15) is 17.6 Å². The van der Waals surface area contributed by atoms with Gasteiger partial charge in [0.05, 0.1) is 4.90 Å². The Hall–Kier alpha value is -3.98. The van der Waals surface area contributed by atoms with Gasteiger partial charge in [-0.3, -0.25) is 4.79 Å². The minimum Gasteiger partial charge on any atom is -0.436 e. The number of halogens is 1. The van der Waals surface area contributed by atoms with Crippen LogP contribution in [0, 0.1) is 12.7 Å². The summed E-state index contributed by atoms with van der Waals surface area (Å²) in [5.41, 5.74) is 1.46. The van der Waals surface area contributed by atoms with Crippen molar-refractivity contribution in [3.63, 3.8) is 0 Å². The second-order valence-electron chi connectivity index (χ2n) is 6.98. The van der Waals surface area contributed by atoms with Crippen LogP contribution in [0.4, 0.5) is 10.1 Å². The molecule has 1 heterocycles. The highest BCUT2D eigenvalue weighted by atomic mass is 32.2. The summed E-state index contributed by atoms with van der Waals surface area (Å²) < 4.78 is 44.1. The average Bonchev–Trinajstić information content (AvgIpc) is 2.79. The maximum atomic E-state index is 13.2. The van der Waals surface area contributed by atoms with Crippen molar-refractivity contribution in [1.29, 1.82) is 0 Å². The molecule has 0 radical (unpaired) electrons. The standard InChI is InChI=1S/C23H18FN3O4S/c1-15-6-12-19(13-7-15)32(29,30)27-26-23-20(14-16-4-2-3-5-21(16)31-23)22(28)25-18-10-8-17(24)9-11-18/h2-14,27H,1H3,(H,25,28)/b26-23+. The monoisotopic (exact) mass is 451 g/mol. The fourth-order valence-corrected chi connectivity index (χ4v) is 3.72. The van der Waals surface area contributed by atoms with Crippen molar-refractivity contribution in [3.8, 4) is 0 Å². The van der Waals surface area contributed by atoms with Gasteiger partial charge in [0.25, 0.3) is 15.9 Å². The molecule has 0 bridgehead atoms. The topological polar surface area (TPSA) is 101 Å². The van der Waals surface area contributed by atoms with Crippen LogP contribution >= 0.6 is 0 Å². The highest BCUT2D eigenvalue weighted by Crippen LogP contribution is 2.15. The van der Waals surface area contributed by atoms with Gasteiger partial charge in [0, 0.05) is 11.1 Å². The zero-order valence-electron chi connectivity index (χ0n) is 16.9. The van der Waals surface area contributed by atoms with E-state index in [1.165, 1.54) is 42.5 Å². The lowest BCUT2D eigenvalue weighted by Crippen LogP contribution is -2.27. The number of carbonyl (C=O) groups excluding carboxylic acids is 1. The van der Waals surface area contributed by atoms with Crippen molar-refractivity contribution in [2.24, 2.45) is 5.10 Å². The van der Waals surface area contributed by atoms with E-state index in [0.29, 0.717) is 16.7 Å². The van der Waals surface area contributed by atoms with Crippen LogP contribution in [0.15, 0.2) is 93.3 Å². The van der Waals surface area contributed by atoms with Crippen LogP contribution < -0.4 is 15.7 Å². The van der Waals surface area contributed by atoms with E-state index >= 15 is 0 Å². The van der Waals surface area contributed by atoms with Crippen molar-refractivity contribution in [2.45, 2.75) is 11.8 Å². The zero-order valence-corrected chi connectivity index (χ0v) is 17.7. The second kappa shape index (κ2) is 8.64. The fraction of sp³-hybridized carbons (Fsp3) is 0.0435. The number of sulfonamides is 1. The van der Waals surface area contributed by atoms with Gasteiger partial charge in [-0.25, -0.2) is 4.39 Å². The van der Waals surface area contributed by atoms with Crippen molar-refractivity contribution < 1.29 is 22.0 Å². The van der Waals surface area contributed by atoms with Gasteiger partial charge in [-0.1, -0.05) is 35.9 Å². The predicted molar refractivity (Wildman–Crippen MR) is 118 cm³/mol. The number of para-hydroxylation sites is 1. The fourth-order valence-electron chi connectivity index (χ4n) is 2.92. The van der Waals surface area contributed by atoms with E-state index in [-0.39, 0.29) is 16.0 Å². The minimum absolute atomic E-state index is 0.000342. The molecule has 1 aromatic heterocycles. The third-order valence-electron chi connectivity index (χ3n) is 4.60. The Kier molecular flexibility index (Phi) is 5.74. The molecule has 0 aliphatic heterocycles.